The molecule has 0 fully saturated rings. The molecule has 0 aliphatic carbocycles. The van der Waals surface area contributed by atoms with Crippen LogP contribution in [0.25, 0.3) is 0 Å². The minimum Gasteiger partial charge on any atom is -0.492 e. The number of halogens is 1. The molecule has 16 heavy (non-hydrogen) atoms. The van der Waals surface area contributed by atoms with E-state index in [0.29, 0.717) is 23.8 Å². The molecule has 2 rings (SSSR count). The van der Waals surface area contributed by atoms with Crippen LogP contribution in [0.5, 0.6) is 5.75 Å². The monoisotopic (exact) mass is 241 g/mol. The van der Waals surface area contributed by atoms with Gasteiger partial charge in [-0.1, -0.05) is 17.7 Å². The van der Waals surface area contributed by atoms with Crippen molar-refractivity contribution < 1.29 is 9.84 Å². The largest absolute Gasteiger partial charge is 0.492 e. The lowest BCUT2D eigenvalue weighted by Crippen LogP contribution is -2.35. The van der Waals surface area contributed by atoms with Crippen molar-refractivity contribution in [2.75, 3.05) is 13.2 Å². The number of hydrogen-bond donors (Lipinski definition) is 2. The first kappa shape index (κ1) is 11.7. The van der Waals surface area contributed by atoms with Crippen LogP contribution in [0.4, 0.5) is 0 Å². The predicted octanol–water partition coefficient (Wildman–Crippen LogP) is 1.97. The third-order valence-corrected chi connectivity index (χ3v) is 3.40. The highest BCUT2D eigenvalue weighted by Gasteiger charge is 2.35. The number of fused-ring (bicyclic) bond motifs is 1. The molecule has 0 saturated carbocycles. The van der Waals surface area contributed by atoms with Gasteiger partial charge in [0.2, 0.25) is 0 Å². The maximum atomic E-state index is 10.6. The minimum atomic E-state index is -1.01. The van der Waals surface area contributed by atoms with E-state index in [2.05, 4.69) is 0 Å². The maximum Gasteiger partial charge on any atom is 0.144 e. The summed E-state index contributed by atoms with van der Waals surface area (Å²) in [5.41, 5.74) is 6.40. The van der Waals surface area contributed by atoms with E-state index in [1.165, 1.54) is 0 Å². The van der Waals surface area contributed by atoms with Gasteiger partial charge in [-0.05, 0) is 31.4 Å². The van der Waals surface area contributed by atoms with E-state index in [1.807, 2.05) is 13.0 Å². The van der Waals surface area contributed by atoms with Gasteiger partial charge in [0.1, 0.15) is 11.4 Å². The third-order valence-electron chi connectivity index (χ3n) is 3.10. The molecule has 1 aliphatic heterocycles. The fraction of sp³-hybridized carbons (Fsp3) is 0.500. The van der Waals surface area contributed by atoms with Crippen molar-refractivity contribution in [3.63, 3.8) is 0 Å². The molecule has 3 nitrogen and oxygen atoms in total. The smallest absolute Gasteiger partial charge is 0.144 e. The quantitative estimate of drug-likeness (QED) is 0.791. The summed E-state index contributed by atoms with van der Waals surface area (Å²) in [5.74, 6) is 0.590. The molecular formula is C12H16ClNO2. The third kappa shape index (κ3) is 1.79. The highest BCUT2D eigenvalue weighted by molar-refractivity contribution is 6.32. The Morgan fingerprint density at radius 3 is 3.00 bits per heavy atom. The lowest BCUT2D eigenvalue weighted by molar-refractivity contribution is 0.0368. The summed E-state index contributed by atoms with van der Waals surface area (Å²) >= 11 is 6.09. The van der Waals surface area contributed by atoms with Gasteiger partial charge >= 0.3 is 0 Å². The van der Waals surface area contributed by atoms with Crippen LogP contribution in [0.2, 0.25) is 5.02 Å². The molecule has 88 valence electrons. The Kier molecular flexibility index (Phi) is 3.10. The van der Waals surface area contributed by atoms with E-state index in [4.69, 9.17) is 22.1 Å². The van der Waals surface area contributed by atoms with Gasteiger partial charge in [-0.3, -0.25) is 0 Å². The Morgan fingerprint density at radius 2 is 2.31 bits per heavy atom. The van der Waals surface area contributed by atoms with Crippen molar-refractivity contribution in [3.8, 4) is 5.75 Å². The molecule has 3 N–H and O–H groups in total. The van der Waals surface area contributed by atoms with E-state index < -0.39 is 5.60 Å². The average molecular weight is 242 g/mol. The maximum absolute atomic E-state index is 10.6. The van der Waals surface area contributed by atoms with Crippen LogP contribution >= 0.6 is 11.6 Å². The lowest BCUT2D eigenvalue weighted by atomic mass is 9.86. The fourth-order valence-corrected chi connectivity index (χ4v) is 2.46. The molecule has 1 atom stereocenters. The van der Waals surface area contributed by atoms with E-state index >= 15 is 0 Å². The highest BCUT2D eigenvalue weighted by Crippen LogP contribution is 2.42. The molecule has 0 amide bonds. The number of benzene rings is 1. The Labute approximate surface area is 100 Å². The van der Waals surface area contributed by atoms with Crippen molar-refractivity contribution >= 4 is 11.6 Å². The molecule has 1 unspecified atom stereocenters. The molecule has 0 saturated heterocycles. The summed E-state index contributed by atoms with van der Waals surface area (Å²) in [4.78, 5) is 0. The van der Waals surface area contributed by atoms with Crippen LogP contribution in [0, 0.1) is 6.92 Å². The molecule has 0 spiro atoms. The van der Waals surface area contributed by atoms with Crippen molar-refractivity contribution in [1.82, 2.24) is 0 Å². The second kappa shape index (κ2) is 4.24. The summed E-state index contributed by atoms with van der Waals surface area (Å²) < 4.78 is 5.61. The molecule has 4 heteroatoms. The van der Waals surface area contributed by atoms with Gasteiger partial charge in [-0.25, -0.2) is 0 Å². The number of rotatable bonds is 1. The van der Waals surface area contributed by atoms with Gasteiger partial charge in [-0.15, -0.1) is 0 Å². The summed E-state index contributed by atoms with van der Waals surface area (Å²) in [6, 6.07) is 3.68. The predicted molar refractivity (Wildman–Crippen MR) is 63.9 cm³/mol. The molecule has 1 aliphatic rings. The SMILES string of the molecule is Cc1ccc(Cl)c2c1C(O)(CN)CCCO2. The van der Waals surface area contributed by atoms with Crippen molar-refractivity contribution in [2.24, 2.45) is 5.73 Å². The number of aryl methyl sites for hydroxylation is 1. The van der Waals surface area contributed by atoms with Gasteiger partial charge in [0, 0.05) is 12.1 Å². The summed E-state index contributed by atoms with van der Waals surface area (Å²) in [6.07, 6.45) is 1.38. The number of ether oxygens (including phenoxy) is 1. The second-order valence-corrected chi connectivity index (χ2v) is 4.66. The molecule has 0 bridgehead atoms. The zero-order valence-electron chi connectivity index (χ0n) is 9.29. The number of nitrogens with two attached hydrogens (primary N) is 1. The molecule has 0 radical (unpaired) electrons. The first-order chi connectivity index (χ1) is 7.58. The molecule has 1 aromatic carbocycles. The van der Waals surface area contributed by atoms with E-state index in [9.17, 15) is 5.11 Å². The van der Waals surface area contributed by atoms with Gasteiger partial charge < -0.3 is 15.6 Å². The zero-order valence-corrected chi connectivity index (χ0v) is 10.0. The van der Waals surface area contributed by atoms with Crippen LogP contribution in [0.15, 0.2) is 12.1 Å². The van der Waals surface area contributed by atoms with Crippen LogP contribution in [0.3, 0.4) is 0 Å². The molecule has 0 aromatic heterocycles. The van der Waals surface area contributed by atoms with Gasteiger partial charge in [0.05, 0.1) is 11.6 Å². The Bertz CT molecular complexity index is 408. The number of hydrogen-bond acceptors (Lipinski definition) is 3. The Balaban J connectivity index is 2.65. The van der Waals surface area contributed by atoms with Crippen molar-refractivity contribution in [1.29, 1.82) is 0 Å². The lowest BCUT2D eigenvalue weighted by Gasteiger charge is -2.28. The zero-order chi connectivity index (χ0) is 11.8. The average Bonchev–Trinajstić information content (AvgIpc) is 2.45. The standard InChI is InChI=1S/C12H16ClNO2/c1-8-3-4-9(13)11-10(8)12(15,7-14)5-2-6-16-11/h3-4,15H,2,5-7,14H2,1H3. The normalized spacial score (nSPS) is 24.5. The van der Waals surface area contributed by atoms with E-state index in [1.54, 1.807) is 6.07 Å². The van der Waals surface area contributed by atoms with Crippen LogP contribution in [-0.2, 0) is 5.60 Å². The Morgan fingerprint density at radius 1 is 1.56 bits per heavy atom. The number of aliphatic hydroxyl groups is 1. The van der Waals surface area contributed by atoms with Crippen LogP contribution in [-0.4, -0.2) is 18.3 Å². The summed E-state index contributed by atoms with van der Waals surface area (Å²) in [7, 11) is 0. The molecule has 1 aromatic rings. The van der Waals surface area contributed by atoms with Gasteiger partial charge in [-0.2, -0.15) is 0 Å². The Hall–Kier alpha value is -0.770. The first-order valence-electron chi connectivity index (χ1n) is 5.43. The first-order valence-corrected chi connectivity index (χ1v) is 5.81. The topological polar surface area (TPSA) is 55.5 Å². The molecular weight excluding hydrogens is 226 g/mol. The van der Waals surface area contributed by atoms with Crippen LogP contribution in [0.1, 0.15) is 24.0 Å². The van der Waals surface area contributed by atoms with Gasteiger partial charge in [0.25, 0.3) is 0 Å². The highest BCUT2D eigenvalue weighted by atomic mass is 35.5. The second-order valence-electron chi connectivity index (χ2n) is 4.26. The van der Waals surface area contributed by atoms with E-state index in [-0.39, 0.29) is 6.54 Å². The molecule has 1 heterocycles. The van der Waals surface area contributed by atoms with E-state index in [0.717, 1.165) is 17.5 Å². The van der Waals surface area contributed by atoms with Gasteiger partial charge in [0.15, 0.2) is 0 Å². The van der Waals surface area contributed by atoms with Crippen molar-refractivity contribution in [3.05, 3.63) is 28.3 Å². The fourth-order valence-electron chi connectivity index (χ4n) is 2.24. The van der Waals surface area contributed by atoms with Crippen molar-refractivity contribution in [2.45, 2.75) is 25.4 Å². The summed E-state index contributed by atoms with van der Waals surface area (Å²) in [5, 5.41) is 11.1. The minimum absolute atomic E-state index is 0.185. The van der Waals surface area contributed by atoms with Crippen LogP contribution < -0.4 is 10.5 Å². The summed E-state index contributed by atoms with van der Waals surface area (Å²) in [6.45, 7) is 2.69.